The van der Waals surface area contributed by atoms with Gasteiger partial charge in [-0.2, -0.15) is 5.26 Å². The molecule has 2 rings (SSSR count). The van der Waals surface area contributed by atoms with E-state index in [4.69, 9.17) is 4.74 Å². The van der Waals surface area contributed by atoms with E-state index >= 15 is 0 Å². The van der Waals surface area contributed by atoms with Crippen LogP contribution in [-0.4, -0.2) is 6.61 Å². The number of rotatable bonds is 3. The minimum absolute atomic E-state index is 0.139. The molecule has 0 spiro atoms. The average Bonchev–Trinajstić information content (AvgIpc) is 2.41. The van der Waals surface area contributed by atoms with Gasteiger partial charge >= 0.3 is 0 Å². The molecule has 1 aliphatic rings. The smallest absolute Gasteiger partial charge is 0.137 e. The van der Waals surface area contributed by atoms with Gasteiger partial charge in [-0.1, -0.05) is 34.6 Å². The van der Waals surface area contributed by atoms with Crippen molar-refractivity contribution in [2.24, 2.45) is 0 Å². The first-order valence-electron chi connectivity index (χ1n) is 7.54. The maximum Gasteiger partial charge on any atom is 0.137 e. The summed E-state index contributed by atoms with van der Waals surface area (Å²) in [5.74, 6) is 0.749. The molecular weight excluding hydrogens is 246 g/mol. The molecule has 2 heteroatoms. The molecule has 0 saturated heterocycles. The first-order chi connectivity index (χ1) is 9.31. The van der Waals surface area contributed by atoms with Crippen molar-refractivity contribution in [3.8, 4) is 11.8 Å². The molecule has 0 fully saturated rings. The largest absolute Gasteiger partial charge is 0.492 e. The SMILES string of the molecule is CCCOc1cc2c(cc1C#N)C(C)(C)CCC2(C)C. The maximum absolute atomic E-state index is 9.39. The first-order valence-corrected chi connectivity index (χ1v) is 7.54. The van der Waals surface area contributed by atoms with Gasteiger partial charge in [-0.05, 0) is 53.4 Å². The van der Waals surface area contributed by atoms with Crippen LogP contribution in [0.5, 0.6) is 5.75 Å². The molecular formula is C18H25NO. The summed E-state index contributed by atoms with van der Waals surface area (Å²) in [6.07, 6.45) is 3.29. The normalized spacial score (nSPS) is 19.0. The second-order valence-electron chi connectivity index (χ2n) is 7.12. The van der Waals surface area contributed by atoms with Crippen LogP contribution in [0.3, 0.4) is 0 Å². The lowest BCUT2D eigenvalue weighted by atomic mass is 9.63. The van der Waals surface area contributed by atoms with Gasteiger partial charge in [-0.3, -0.25) is 0 Å². The summed E-state index contributed by atoms with van der Waals surface area (Å²) in [4.78, 5) is 0. The van der Waals surface area contributed by atoms with Gasteiger partial charge < -0.3 is 4.74 Å². The van der Waals surface area contributed by atoms with Crippen molar-refractivity contribution in [2.75, 3.05) is 6.61 Å². The highest BCUT2D eigenvalue weighted by molar-refractivity contribution is 5.54. The summed E-state index contributed by atoms with van der Waals surface area (Å²) < 4.78 is 5.78. The average molecular weight is 271 g/mol. The van der Waals surface area contributed by atoms with Crippen LogP contribution >= 0.6 is 0 Å². The molecule has 1 aliphatic carbocycles. The summed E-state index contributed by atoms with van der Waals surface area (Å²) in [6.45, 7) is 11.9. The Bertz CT molecular complexity index is 549. The fourth-order valence-electron chi connectivity index (χ4n) is 3.01. The van der Waals surface area contributed by atoms with Crippen LogP contribution in [0, 0.1) is 11.3 Å². The fraction of sp³-hybridized carbons (Fsp3) is 0.611. The van der Waals surface area contributed by atoms with Gasteiger partial charge in [0.2, 0.25) is 0 Å². The van der Waals surface area contributed by atoms with E-state index in [1.165, 1.54) is 17.5 Å². The van der Waals surface area contributed by atoms with E-state index in [0.717, 1.165) is 18.6 Å². The Morgan fingerprint density at radius 3 is 2.15 bits per heavy atom. The van der Waals surface area contributed by atoms with Crippen LogP contribution in [0.4, 0.5) is 0 Å². The Hall–Kier alpha value is -1.49. The molecule has 20 heavy (non-hydrogen) atoms. The third-order valence-corrected chi connectivity index (χ3v) is 4.54. The van der Waals surface area contributed by atoms with Crippen LogP contribution in [0.25, 0.3) is 0 Å². The van der Waals surface area contributed by atoms with E-state index in [1.807, 2.05) is 0 Å². The Labute approximate surface area is 122 Å². The summed E-state index contributed by atoms with van der Waals surface area (Å²) in [5.41, 5.74) is 3.62. The lowest BCUT2D eigenvalue weighted by Crippen LogP contribution is -2.34. The second kappa shape index (κ2) is 5.13. The van der Waals surface area contributed by atoms with Gasteiger partial charge in [-0.25, -0.2) is 0 Å². The molecule has 1 aromatic rings. The molecule has 0 unspecified atom stereocenters. The van der Waals surface area contributed by atoms with E-state index < -0.39 is 0 Å². The standard InChI is InChI=1S/C18H25NO/c1-6-9-20-16-11-15-14(10-13(16)12-19)17(2,3)7-8-18(15,4)5/h10-11H,6-9H2,1-5H3. The number of nitriles is 1. The topological polar surface area (TPSA) is 33.0 Å². The predicted octanol–water partition coefficient (Wildman–Crippen LogP) is 4.70. The molecule has 0 heterocycles. The van der Waals surface area contributed by atoms with Gasteiger partial charge in [0.15, 0.2) is 0 Å². The first kappa shape index (κ1) is 14.9. The number of nitrogens with zero attached hydrogens (tertiary/aromatic N) is 1. The van der Waals surface area contributed by atoms with Crippen molar-refractivity contribution >= 4 is 0 Å². The fourth-order valence-corrected chi connectivity index (χ4v) is 3.01. The van der Waals surface area contributed by atoms with E-state index in [1.54, 1.807) is 0 Å². The zero-order valence-electron chi connectivity index (χ0n) is 13.3. The summed E-state index contributed by atoms with van der Waals surface area (Å²) in [7, 11) is 0. The van der Waals surface area contributed by atoms with Gasteiger partial charge in [0, 0.05) is 0 Å². The number of hydrogen-bond acceptors (Lipinski definition) is 2. The Morgan fingerprint density at radius 2 is 1.65 bits per heavy atom. The Balaban J connectivity index is 2.59. The molecule has 0 bridgehead atoms. The molecule has 0 aromatic heterocycles. The van der Waals surface area contributed by atoms with E-state index in [0.29, 0.717) is 12.2 Å². The van der Waals surface area contributed by atoms with Crippen molar-refractivity contribution in [3.63, 3.8) is 0 Å². The minimum Gasteiger partial charge on any atom is -0.492 e. The zero-order chi connectivity index (χ0) is 15.0. The molecule has 0 radical (unpaired) electrons. The molecule has 1 aromatic carbocycles. The molecule has 0 aliphatic heterocycles. The number of ether oxygens (including phenoxy) is 1. The summed E-state index contributed by atoms with van der Waals surface area (Å²) >= 11 is 0. The van der Waals surface area contributed by atoms with E-state index in [-0.39, 0.29) is 10.8 Å². The molecule has 0 N–H and O–H groups in total. The van der Waals surface area contributed by atoms with Crippen molar-refractivity contribution in [1.29, 1.82) is 5.26 Å². The predicted molar refractivity (Wildman–Crippen MR) is 82.2 cm³/mol. The van der Waals surface area contributed by atoms with Crippen molar-refractivity contribution in [1.82, 2.24) is 0 Å². The summed E-state index contributed by atoms with van der Waals surface area (Å²) in [5, 5.41) is 9.39. The van der Waals surface area contributed by atoms with Crippen molar-refractivity contribution < 1.29 is 4.74 Å². The number of hydrogen-bond donors (Lipinski definition) is 0. The quantitative estimate of drug-likeness (QED) is 0.798. The minimum atomic E-state index is 0.139. The van der Waals surface area contributed by atoms with Gasteiger partial charge in [-0.15, -0.1) is 0 Å². The Morgan fingerprint density at radius 1 is 1.10 bits per heavy atom. The summed E-state index contributed by atoms with van der Waals surface area (Å²) in [6, 6.07) is 6.47. The van der Waals surface area contributed by atoms with E-state index in [9.17, 15) is 5.26 Å². The lowest BCUT2D eigenvalue weighted by molar-refractivity contribution is 0.306. The van der Waals surface area contributed by atoms with Gasteiger partial charge in [0.05, 0.1) is 12.2 Å². The highest BCUT2D eigenvalue weighted by Gasteiger charge is 2.37. The lowest BCUT2D eigenvalue weighted by Gasteiger charge is -2.42. The third-order valence-electron chi connectivity index (χ3n) is 4.54. The monoisotopic (exact) mass is 271 g/mol. The van der Waals surface area contributed by atoms with E-state index in [2.05, 4.69) is 52.8 Å². The maximum atomic E-state index is 9.39. The Kier molecular flexibility index (Phi) is 3.82. The molecule has 0 amide bonds. The van der Waals surface area contributed by atoms with Crippen molar-refractivity contribution in [3.05, 3.63) is 28.8 Å². The van der Waals surface area contributed by atoms with Gasteiger partial charge in [0.1, 0.15) is 11.8 Å². The second-order valence-corrected chi connectivity index (χ2v) is 7.12. The number of fused-ring (bicyclic) bond motifs is 1. The molecule has 0 saturated carbocycles. The van der Waals surface area contributed by atoms with Crippen LogP contribution in [0.1, 0.15) is 70.6 Å². The van der Waals surface area contributed by atoms with Crippen molar-refractivity contribution in [2.45, 2.75) is 64.7 Å². The van der Waals surface area contributed by atoms with Crippen LogP contribution in [0.15, 0.2) is 12.1 Å². The molecule has 0 atom stereocenters. The highest BCUT2D eigenvalue weighted by atomic mass is 16.5. The van der Waals surface area contributed by atoms with Crippen LogP contribution in [-0.2, 0) is 10.8 Å². The highest BCUT2D eigenvalue weighted by Crippen LogP contribution is 2.47. The van der Waals surface area contributed by atoms with Crippen LogP contribution < -0.4 is 4.74 Å². The molecule has 108 valence electrons. The van der Waals surface area contributed by atoms with Gasteiger partial charge in [0.25, 0.3) is 0 Å². The third kappa shape index (κ3) is 2.54. The zero-order valence-corrected chi connectivity index (χ0v) is 13.3. The number of benzene rings is 1. The van der Waals surface area contributed by atoms with Crippen LogP contribution in [0.2, 0.25) is 0 Å². The molecule has 2 nitrogen and oxygen atoms in total.